The van der Waals surface area contributed by atoms with Crippen molar-refractivity contribution < 1.29 is 9.47 Å². The van der Waals surface area contributed by atoms with Crippen molar-refractivity contribution in [3.05, 3.63) is 29.8 Å². The highest BCUT2D eigenvalue weighted by molar-refractivity contribution is 5.32. The van der Waals surface area contributed by atoms with Crippen molar-refractivity contribution in [2.45, 2.75) is 63.2 Å². The first kappa shape index (κ1) is 14.9. The number of ether oxygens (including phenoxy) is 2. The second-order valence-corrected chi connectivity index (χ2v) is 6.46. The lowest BCUT2D eigenvalue weighted by molar-refractivity contribution is -0.0624. The van der Waals surface area contributed by atoms with Gasteiger partial charge in [-0.3, -0.25) is 0 Å². The van der Waals surface area contributed by atoms with Gasteiger partial charge in [0.25, 0.3) is 0 Å². The molecule has 0 aromatic heterocycles. The van der Waals surface area contributed by atoms with Crippen molar-refractivity contribution in [2.24, 2.45) is 0 Å². The summed E-state index contributed by atoms with van der Waals surface area (Å²) in [5, 5.41) is 3.54. The molecule has 1 N–H and O–H groups in total. The summed E-state index contributed by atoms with van der Waals surface area (Å²) in [6.07, 6.45) is 9.49. The van der Waals surface area contributed by atoms with E-state index in [-0.39, 0.29) is 5.60 Å². The van der Waals surface area contributed by atoms with E-state index in [4.69, 9.17) is 9.47 Å². The van der Waals surface area contributed by atoms with E-state index in [1.165, 1.54) is 50.5 Å². The Labute approximate surface area is 128 Å². The Morgan fingerprint density at radius 2 is 2.00 bits per heavy atom. The molecular formula is C18H27NO2. The Morgan fingerprint density at radius 3 is 2.81 bits per heavy atom. The van der Waals surface area contributed by atoms with Crippen LogP contribution < -0.4 is 10.1 Å². The van der Waals surface area contributed by atoms with Crippen LogP contribution in [0.4, 0.5) is 0 Å². The first-order valence-electron chi connectivity index (χ1n) is 8.32. The molecule has 1 aliphatic heterocycles. The van der Waals surface area contributed by atoms with Crippen LogP contribution >= 0.6 is 0 Å². The van der Waals surface area contributed by atoms with E-state index >= 15 is 0 Å². The monoisotopic (exact) mass is 289 g/mol. The molecule has 116 valence electrons. The summed E-state index contributed by atoms with van der Waals surface area (Å²) < 4.78 is 11.8. The van der Waals surface area contributed by atoms with Gasteiger partial charge in [0.15, 0.2) is 0 Å². The van der Waals surface area contributed by atoms with E-state index in [0.29, 0.717) is 6.10 Å². The minimum absolute atomic E-state index is 0.231. The van der Waals surface area contributed by atoms with Gasteiger partial charge in [0, 0.05) is 18.7 Å². The van der Waals surface area contributed by atoms with E-state index < -0.39 is 0 Å². The maximum atomic E-state index is 6.39. The molecule has 0 radical (unpaired) electrons. The standard InChI is InChI=1S/C18H27NO2/c1-20-17-8-4-3-7-15(17)13-19-14-16-9-12-18(21-16)10-5-2-6-11-18/h3-4,7-8,16,19H,2,5-6,9-14H2,1H3. The third-order valence-corrected chi connectivity index (χ3v) is 4.98. The van der Waals surface area contributed by atoms with Gasteiger partial charge in [-0.2, -0.15) is 0 Å². The summed E-state index contributed by atoms with van der Waals surface area (Å²) in [6.45, 7) is 1.79. The summed E-state index contributed by atoms with van der Waals surface area (Å²) in [7, 11) is 1.73. The normalized spacial score (nSPS) is 24.3. The molecule has 2 fully saturated rings. The lowest BCUT2D eigenvalue weighted by Crippen LogP contribution is -2.34. The second-order valence-electron chi connectivity index (χ2n) is 6.46. The molecule has 2 aliphatic rings. The molecular weight excluding hydrogens is 262 g/mol. The SMILES string of the molecule is COc1ccccc1CNCC1CCC2(CCCCC2)O1. The number of para-hydroxylation sites is 1. The van der Waals surface area contributed by atoms with Crippen molar-refractivity contribution in [3.63, 3.8) is 0 Å². The van der Waals surface area contributed by atoms with E-state index in [0.717, 1.165) is 18.8 Å². The van der Waals surface area contributed by atoms with Gasteiger partial charge in [0.2, 0.25) is 0 Å². The second kappa shape index (κ2) is 6.80. The predicted molar refractivity (Wildman–Crippen MR) is 84.6 cm³/mol. The molecule has 1 unspecified atom stereocenters. The van der Waals surface area contributed by atoms with Crippen LogP contribution in [-0.4, -0.2) is 25.4 Å². The number of hydrogen-bond donors (Lipinski definition) is 1. The fraction of sp³-hybridized carbons (Fsp3) is 0.667. The summed E-state index contributed by atoms with van der Waals surface area (Å²) in [5.41, 5.74) is 1.44. The van der Waals surface area contributed by atoms with Crippen LogP contribution in [0.1, 0.15) is 50.5 Å². The van der Waals surface area contributed by atoms with Crippen molar-refractivity contribution in [1.82, 2.24) is 5.32 Å². The molecule has 1 saturated carbocycles. The van der Waals surface area contributed by atoms with Gasteiger partial charge >= 0.3 is 0 Å². The van der Waals surface area contributed by atoms with E-state index in [2.05, 4.69) is 17.4 Å². The number of benzene rings is 1. The Kier molecular flexibility index (Phi) is 4.81. The van der Waals surface area contributed by atoms with Crippen molar-refractivity contribution >= 4 is 0 Å². The molecule has 3 rings (SSSR count). The van der Waals surface area contributed by atoms with Gasteiger partial charge in [-0.1, -0.05) is 37.5 Å². The first-order chi connectivity index (χ1) is 10.3. The van der Waals surface area contributed by atoms with Crippen LogP contribution in [0.15, 0.2) is 24.3 Å². The number of rotatable bonds is 5. The van der Waals surface area contributed by atoms with E-state index in [1.54, 1.807) is 7.11 Å². The maximum Gasteiger partial charge on any atom is 0.123 e. The quantitative estimate of drug-likeness (QED) is 0.897. The van der Waals surface area contributed by atoms with Crippen molar-refractivity contribution in [3.8, 4) is 5.75 Å². The Morgan fingerprint density at radius 1 is 1.19 bits per heavy atom. The van der Waals surface area contributed by atoms with Gasteiger partial charge in [0.1, 0.15) is 5.75 Å². The third kappa shape index (κ3) is 3.58. The highest BCUT2D eigenvalue weighted by Gasteiger charge is 2.40. The predicted octanol–water partition coefficient (Wildman–Crippen LogP) is 3.67. The highest BCUT2D eigenvalue weighted by atomic mass is 16.5. The number of methoxy groups -OCH3 is 1. The molecule has 21 heavy (non-hydrogen) atoms. The Hall–Kier alpha value is -1.06. The van der Waals surface area contributed by atoms with Crippen LogP contribution in [0, 0.1) is 0 Å². The molecule has 3 nitrogen and oxygen atoms in total. The average molecular weight is 289 g/mol. The molecule has 1 spiro atoms. The van der Waals surface area contributed by atoms with Crippen molar-refractivity contribution in [2.75, 3.05) is 13.7 Å². The lowest BCUT2D eigenvalue weighted by atomic mass is 9.83. The average Bonchev–Trinajstić information content (AvgIpc) is 2.91. The van der Waals surface area contributed by atoms with Gasteiger partial charge < -0.3 is 14.8 Å². The molecule has 1 saturated heterocycles. The molecule has 1 atom stereocenters. The van der Waals surface area contributed by atoms with Crippen LogP contribution in [0.2, 0.25) is 0 Å². The van der Waals surface area contributed by atoms with Crippen molar-refractivity contribution in [1.29, 1.82) is 0 Å². The topological polar surface area (TPSA) is 30.5 Å². The molecule has 3 heteroatoms. The smallest absolute Gasteiger partial charge is 0.123 e. The van der Waals surface area contributed by atoms with Gasteiger partial charge in [-0.25, -0.2) is 0 Å². The van der Waals surface area contributed by atoms with E-state index in [9.17, 15) is 0 Å². The highest BCUT2D eigenvalue weighted by Crippen LogP contribution is 2.41. The lowest BCUT2D eigenvalue weighted by Gasteiger charge is -2.33. The minimum atomic E-state index is 0.231. The van der Waals surface area contributed by atoms with Crippen LogP contribution in [0.3, 0.4) is 0 Å². The summed E-state index contributed by atoms with van der Waals surface area (Å²) in [4.78, 5) is 0. The molecule has 1 aromatic carbocycles. The third-order valence-electron chi connectivity index (χ3n) is 4.98. The van der Waals surface area contributed by atoms with Crippen LogP contribution in [0.5, 0.6) is 5.75 Å². The molecule has 0 amide bonds. The Balaban J connectivity index is 1.46. The summed E-state index contributed by atoms with van der Waals surface area (Å²) >= 11 is 0. The Bertz CT molecular complexity index is 454. The zero-order valence-electron chi connectivity index (χ0n) is 13.1. The summed E-state index contributed by atoms with van der Waals surface area (Å²) in [5.74, 6) is 0.959. The van der Waals surface area contributed by atoms with Gasteiger partial charge in [0.05, 0.1) is 18.8 Å². The fourth-order valence-corrected chi connectivity index (χ4v) is 3.82. The number of hydrogen-bond acceptors (Lipinski definition) is 3. The molecule has 1 aromatic rings. The maximum absolute atomic E-state index is 6.39. The number of nitrogens with one attached hydrogen (secondary N) is 1. The fourth-order valence-electron chi connectivity index (χ4n) is 3.82. The largest absolute Gasteiger partial charge is 0.496 e. The molecule has 1 heterocycles. The van der Waals surface area contributed by atoms with Gasteiger partial charge in [-0.05, 0) is 31.7 Å². The minimum Gasteiger partial charge on any atom is -0.496 e. The van der Waals surface area contributed by atoms with E-state index in [1.807, 2.05) is 12.1 Å². The summed E-state index contributed by atoms with van der Waals surface area (Å²) in [6, 6.07) is 8.20. The zero-order chi connectivity index (χ0) is 14.5. The molecule has 1 aliphatic carbocycles. The van der Waals surface area contributed by atoms with Crippen LogP contribution in [-0.2, 0) is 11.3 Å². The first-order valence-corrected chi connectivity index (χ1v) is 8.32. The van der Waals surface area contributed by atoms with Gasteiger partial charge in [-0.15, -0.1) is 0 Å². The van der Waals surface area contributed by atoms with Crippen LogP contribution in [0.25, 0.3) is 0 Å². The zero-order valence-corrected chi connectivity index (χ0v) is 13.1. The molecule has 0 bridgehead atoms.